The van der Waals surface area contributed by atoms with Gasteiger partial charge in [0.05, 0.1) is 0 Å². The molecule has 0 bridgehead atoms. The minimum Gasteiger partial charge on any atom is -0.305 e. The molecule has 0 saturated heterocycles. The number of benzene rings is 2. The summed E-state index contributed by atoms with van der Waals surface area (Å²) >= 11 is 0.273. The minimum atomic E-state index is -2.23. The first-order valence-corrected chi connectivity index (χ1v) is 11.8. The van der Waals surface area contributed by atoms with Gasteiger partial charge in [0, 0.05) is 26.3 Å². The summed E-state index contributed by atoms with van der Waals surface area (Å²) in [6.45, 7) is -2.23. The number of aromatic nitrogens is 3. The molecule has 0 aliphatic carbocycles. The van der Waals surface area contributed by atoms with Crippen LogP contribution in [-0.4, -0.2) is 29.5 Å². The zero-order valence-electron chi connectivity index (χ0n) is 20.3. The molecule has 0 N–H and O–H groups in total. The molecule has 6 rings (SSSR count). The average Bonchev–Trinajstić information content (AvgIpc) is 3.28. The third kappa shape index (κ3) is 5.35. The molecule has 0 saturated carbocycles. The van der Waals surface area contributed by atoms with Gasteiger partial charge in [0.15, 0.2) is 0 Å². The number of aryl methyl sites for hydroxylation is 1. The number of hydrogen-bond donors (Lipinski definition) is 0. The molecule has 3 nitrogen and oxygen atoms in total. The molecule has 5 heteroatoms. The molecule has 33 heavy (non-hydrogen) atoms. The van der Waals surface area contributed by atoms with Gasteiger partial charge in [-0.2, -0.15) is 0 Å². The fourth-order valence-corrected chi connectivity index (χ4v) is 5.57. The van der Waals surface area contributed by atoms with Gasteiger partial charge >= 0.3 is 127 Å². The van der Waals surface area contributed by atoms with E-state index in [9.17, 15) is 0 Å². The van der Waals surface area contributed by atoms with Crippen molar-refractivity contribution in [3.05, 3.63) is 115 Å². The number of fused-ring (bicyclic) bond motifs is 3. The zero-order valence-corrected chi connectivity index (χ0v) is 21.4. The Bertz CT molecular complexity index is 1550. The van der Waals surface area contributed by atoms with Crippen LogP contribution in [0, 0.1) is 19.0 Å². The number of rotatable bonds is 2. The molecule has 0 amide bonds. The summed E-state index contributed by atoms with van der Waals surface area (Å²) in [5, 5.41) is 2.40. The van der Waals surface area contributed by atoms with Crippen LogP contribution in [0.3, 0.4) is 0 Å². The Morgan fingerprint density at radius 2 is 1.67 bits per heavy atom. The van der Waals surface area contributed by atoms with Gasteiger partial charge in [-0.3, -0.25) is 0 Å². The average molecular weight is 672 g/mol. The van der Waals surface area contributed by atoms with Crippen molar-refractivity contribution in [3.63, 3.8) is 0 Å². The van der Waals surface area contributed by atoms with Gasteiger partial charge in [0.1, 0.15) is 0 Å². The summed E-state index contributed by atoms with van der Waals surface area (Å²) in [4.78, 5) is 12.9. The SMILES string of the molecule is [2H]C([2H])([2H])c1cc[c-]c(-c2cc3c(cn2)[se]c2ccccc23)n1.[Ir].[c-]1ccccc1-c1ccccn1. The monoisotopic (exact) mass is 673 g/mol. The second kappa shape index (κ2) is 10.8. The van der Waals surface area contributed by atoms with E-state index in [0.29, 0.717) is 11.4 Å². The van der Waals surface area contributed by atoms with Crippen LogP contribution in [0.25, 0.3) is 41.9 Å². The first-order chi connectivity index (χ1) is 17.0. The molecule has 0 unspecified atom stereocenters. The topological polar surface area (TPSA) is 38.7 Å². The van der Waals surface area contributed by atoms with Gasteiger partial charge in [-0.25, -0.2) is 0 Å². The first kappa shape index (κ1) is 19.5. The Morgan fingerprint density at radius 1 is 0.788 bits per heavy atom. The summed E-state index contributed by atoms with van der Waals surface area (Å²) in [6.07, 6.45) is 3.67. The van der Waals surface area contributed by atoms with Crippen LogP contribution in [-0.2, 0) is 20.1 Å². The third-order valence-corrected chi connectivity index (χ3v) is 7.20. The fourth-order valence-electron chi connectivity index (χ4n) is 3.36. The standard InChI is InChI=1S/C17H11N2Se.C11H8N.Ir/c1-11-5-4-7-14(19-11)15-9-13-12-6-2-3-8-16(12)20-17(13)10-18-15;1-2-6-10(7-3-1)11-8-4-5-9-12-11;/h2-6,8-10H,1H3;1-6,8-9H;/q2*-1;/i1D3;;. The smallest absolute Gasteiger partial charge is 0.0160 e. The predicted octanol–water partition coefficient (Wildman–Crippen LogP) is 6.16. The summed E-state index contributed by atoms with van der Waals surface area (Å²) in [5.41, 5.74) is 3.20. The van der Waals surface area contributed by atoms with Gasteiger partial charge in [0.25, 0.3) is 0 Å². The largest absolute Gasteiger partial charge is 0.305 e. The molecule has 1 radical (unpaired) electrons. The molecule has 0 aliphatic heterocycles. The second-order valence-electron chi connectivity index (χ2n) is 6.98. The minimum absolute atomic E-state index is 0. The molecule has 0 spiro atoms. The first-order valence-electron chi connectivity index (χ1n) is 11.5. The summed E-state index contributed by atoms with van der Waals surface area (Å²) in [5.74, 6) is 0. The van der Waals surface area contributed by atoms with E-state index < -0.39 is 6.85 Å². The molecule has 0 aliphatic rings. The number of hydrogen-bond acceptors (Lipinski definition) is 3. The predicted molar refractivity (Wildman–Crippen MR) is 132 cm³/mol. The van der Waals surface area contributed by atoms with Crippen molar-refractivity contribution in [3.8, 4) is 22.6 Å². The molecule has 4 aromatic heterocycles. The number of pyridine rings is 3. The van der Waals surface area contributed by atoms with E-state index in [-0.39, 0.29) is 40.3 Å². The molecular weight excluding hydrogens is 650 g/mol. The van der Waals surface area contributed by atoms with Gasteiger partial charge in [-0.15, -0.1) is 35.9 Å². The van der Waals surface area contributed by atoms with Crippen LogP contribution in [0.15, 0.2) is 97.3 Å². The van der Waals surface area contributed by atoms with Crippen LogP contribution in [0.1, 0.15) is 9.81 Å². The van der Waals surface area contributed by atoms with Crippen LogP contribution in [0.5, 0.6) is 0 Å². The molecule has 4 heterocycles. The summed E-state index contributed by atoms with van der Waals surface area (Å²) < 4.78 is 25.1. The van der Waals surface area contributed by atoms with E-state index in [0.717, 1.165) is 11.3 Å². The van der Waals surface area contributed by atoms with Gasteiger partial charge in [-0.05, 0) is 11.8 Å². The molecule has 163 valence electrons. The summed E-state index contributed by atoms with van der Waals surface area (Å²) in [7, 11) is 0. The Kier molecular flexibility index (Phi) is 6.38. The van der Waals surface area contributed by atoms with Crippen LogP contribution >= 0.6 is 0 Å². The van der Waals surface area contributed by atoms with Gasteiger partial charge in [-0.1, -0.05) is 12.1 Å². The van der Waals surface area contributed by atoms with Crippen molar-refractivity contribution in [1.29, 1.82) is 0 Å². The molecule has 6 aromatic rings. The van der Waals surface area contributed by atoms with Crippen LogP contribution in [0.2, 0.25) is 0 Å². The van der Waals surface area contributed by atoms with E-state index >= 15 is 0 Å². The van der Waals surface area contributed by atoms with Crippen LogP contribution < -0.4 is 0 Å². The van der Waals surface area contributed by atoms with Crippen molar-refractivity contribution < 1.29 is 24.2 Å². The molecular formula is C28H19IrN3Se-2. The maximum atomic E-state index is 7.49. The van der Waals surface area contributed by atoms with E-state index in [1.54, 1.807) is 12.3 Å². The molecule has 0 atom stereocenters. The third-order valence-electron chi connectivity index (χ3n) is 4.85. The van der Waals surface area contributed by atoms with Crippen molar-refractivity contribution in [1.82, 2.24) is 15.0 Å². The Balaban J connectivity index is 0.000000198. The van der Waals surface area contributed by atoms with Crippen molar-refractivity contribution >= 4 is 33.8 Å². The zero-order chi connectivity index (χ0) is 24.3. The van der Waals surface area contributed by atoms with E-state index in [2.05, 4.69) is 45.3 Å². The van der Waals surface area contributed by atoms with Gasteiger partial charge in [0.2, 0.25) is 0 Å². The normalized spacial score (nSPS) is 12.1. The Hall–Kier alpha value is -2.94. The number of nitrogens with zero attached hydrogens (tertiary/aromatic N) is 3. The van der Waals surface area contributed by atoms with Crippen molar-refractivity contribution in [2.24, 2.45) is 0 Å². The Morgan fingerprint density at radius 3 is 2.48 bits per heavy atom. The summed E-state index contributed by atoms with van der Waals surface area (Å²) in [6, 6.07) is 33.2. The van der Waals surface area contributed by atoms with Gasteiger partial charge < -0.3 is 4.98 Å². The maximum Gasteiger partial charge on any atom is 0.0160 e. The van der Waals surface area contributed by atoms with Crippen molar-refractivity contribution in [2.75, 3.05) is 0 Å². The van der Waals surface area contributed by atoms with E-state index in [1.165, 1.54) is 25.4 Å². The van der Waals surface area contributed by atoms with Crippen LogP contribution in [0.4, 0.5) is 0 Å². The molecule has 2 aromatic carbocycles. The quantitative estimate of drug-likeness (QED) is 0.164. The Labute approximate surface area is 216 Å². The fraction of sp³-hybridized carbons (Fsp3) is 0.0357. The second-order valence-corrected chi connectivity index (χ2v) is 9.25. The van der Waals surface area contributed by atoms with E-state index in [1.807, 2.05) is 60.8 Å². The molecule has 0 fully saturated rings. The maximum absolute atomic E-state index is 7.49. The van der Waals surface area contributed by atoms with Crippen molar-refractivity contribution in [2.45, 2.75) is 6.85 Å². The van der Waals surface area contributed by atoms with E-state index in [4.69, 9.17) is 4.11 Å².